The third-order valence-electron chi connectivity index (χ3n) is 2.99. The van der Waals surface area contributed by atoms with Crippen LogP contribution in [0.15, 0.2) is 18.2 Å². The molecule has 0 spiro atoms. The number of aromatic carboxylic acids is 1. The highest BCUT2D eigenvalue weighted by Crippen LogP contribution is 2.18. The minimum atomic E-state index is -1.10. The fourth-order valence-electron chi connectivity index (χ4n) is 1.82. The molecule has 0 unspecified atom stereocenters. The number of hydrogen-bond donors (Lipinski definition) is 1. The standard InChI is InChI=1S/C13H15N3O2/c1-4-11-14-12(13(17)18)15-16(11)10-7-5-6-8(2)9(10)3/h5-7H,4H2,1-3H3,(H,17,18). The van der Waals surface area contributed by atoms with E-state index in [-0.39, 0.29) is 5.82 Å². The quantitative estimate of drug-likeness (QED) is 0.899. The Morgan fingerprint density at radius 3 is 2.72 bits per heavy atom. The highest BCUT2D eigenvalue weighted by atomic mass is 16.4. The maximum atomic E-state index is 10.9. The summed E-state index contributed by atoms with van der Waals surface area (Å²) in [6.45, 7) is 5.93. The van der Waals surface area contributed by atoms with Gasteiger partial charge in [-0.1, -0.05) is 19.1 Å². The molecule has 0 aliphatic rings. The summed E-state index contributed by atoms with van der Waals surface area (Å²) in [5.41, 5.74) is 3.10. The fourth-order valence-corrected chi connectivity index (χ4v) is 1.82. The van der Waals surface area contributed by atoms with Crippen LogP contribution < -0.4 is 0 Å². The summed E-state index contributed by atoms with van der Waals surface area (Å²) in [6, 6.07) is 5.86. The van der Waals surface area contributed by atoms with Gasteiger partial charge in [-0.15, -0.1) is 5.10 Å². The maximum absolute atomic E-state index is 10.9. The minimum Gasteiger partial charge on any atom is -0.475 e. The molecule has 5 nitrogen and oxygen atoms in total. The molecule has 0 radical (unpaired) electrons. The van der Waals surface area contributed by atoms with Crippen molar-refractivity contribution in [1.82, 2.24) is 14.8 Å². The molecule has 94 valence electrons. The van der Waals surface area contributed by atoms with Crippen molar-refractivity contribution in [3.05, 3.63) is 41.0 Å². The number of nitrogens with zero attached hydrogens (tertiary/aromatic N) is 3. The molecule has 0 amide bonds. The van der Waals surface area contributed by atoms with E-state index in [4.69, 9.17) is 5.11 Å². The first-order chi connectivity index (χ1) is 8.54. The zero-order chi connectivity index (χ0) is 13.3. The van der Waals surface area contributed by atoms with Gasteiger partial charge in [0.05, 0.1) is 5.69 Å². The Labute approximate surface area is 105 Å². The highest BCUT2D eigenvalue weighted by molar-refractivity contribution is 5.83. The molecule has 1 aromatic heterocycles. The predicted octanol–water partition coefficient (Wildman–Crippen LogP) is 2.14. The van der Waals surface area contributed by atoms with Crippen LogP contribution in [0.3, 0.4) is 0 Å². The molecule has 0 bridgehead atoms. The predicted molar refractivity (Wildman–Crippen MR) is 67.2 cm³/mol. The van der Waals surface area contributed by atoms with Crippen LogP contribution in [0.5, 0.6) is 0 Å². The first-order valence-corrected chi connectivity index (χ1v) is 5.80. The molecular weight excluding hydrogens is 230 g/mol. The Hall–Kier alpha value is -2.17. The molecular formula is C13H15N3O2. The molecule has 1 heterocycles. The first kappa shape index (κ1) is 12.3. The van der Waals surface area contributed by atoms with E-state index in [2.05, 4.69) is 10.1 Å². The summed E-state index contributed by atoms with van der Waals surface area (Å²) >= 11 is 0. The lowest BCUT2D eigenvalue weighted by Crippen LogP contribution is -2.05. The summed E-state index contributed by atoms with van der Waals surface area (Å²) in [4.78, 5) is 15.0. The van der Waals surface area contributed by atoms with Gasteiger partial charge in [-0.2, -0.15) is 0 Å². The second-order valence-electron chi connectivity index (χ2n) is 4.14. The number of carboxylic acid groups (broad SMARTS) is 1. The van der Waals surface area contributed by atoms with Gasteiger partial charge in [0.1, 0.15) is 5.82 Å². The van der Waals surface area contributed by atoms with E-state index >= 15 is 0 Å². The largest absolute Gasteiger partial charge is 0.475 e. The van der Waals surface area contributed by atoms with Crippen LogP contribution in [-0.2, 0) is 6.42 Å². The molecule has 0 atom stereocenters. The first-order valence-electron chi connectivity index (χ1n) is 5.80. The van der Waals surface area contributed by atoms with Gasteiger partial charge in [0.25, 0.3) is 5.82 Å². The number of carbonyl (C=O) groups is 1. The summed E-state index contributed by atoms with van der Waals surface area (Å²) in [5, 5.41) is 13.0. The van der Waals surface area contributed by atoms with Gasteiger partial charge in [-0.05, 0) is 31.0 Å². The Bertz CT molecular complexity index is 602. The van der Waals surface area contributed by atoms with Gasteiger partial charge in [0.2, 0.25) is 0 Å². The van der Waals surface area contributed by atoms with Crippen LogP contribution >= 0.6 is 0 Å². The van der Waals surface area contributed by atoms with Gasteiger partial charge < -0.3 is 5.11 Å². The Balaban J connectivity index is 2.63. The van der Waals surface area contributed by atoms with Gasteiger partial charge in [-0.3, -0.25) is 0 Å². The Morgan fingerprint density at radius 1 is 1.39 bits per heavy atom. The third-order valence-corrected chi connectivity index (χ3v) is 2.99. The van der Waals surface area contributed by atoms with Crippen molar-refractivity contribution < 1.29 is 9.90 Å². The Kier molecular flexibility index (Phi) is 3.14. The lowest BCUT2D eigenvalue weighted by molar-refractivity contribution is 0.0683. The summed E-state index contributed by atoms with van der Waals surface area (Å²) in [5.74, 6) is -0.609. The van der Waals surface area contributed by atoms with Gasteiger partial charge in [0, 0.05) is 6.42 Å². The molecule has 0 aliphatic heterocycles. The van der Waals surface area contributed by atoms with Crippen molar-refractivity contribution >= 4 is 5.97 Å². The zero-order valence-corrected chi connectivity index (χ0v) is 10.6. The molecule has 18 heavy (non-hydrogen) atoms. The molecule has 0 saturated carbocycles. The van der Waals surface area contributed by atoms with Crippen molar-refractivity contribution in [3.8, 4) is 5.69 Å². The average molecular weight is 245 g/mol. The van der Waals surface area contributed by atoms with Crippen molar-refractivity contribution in [2.24, 2.45) is 0 Å². The zero-order valence-electron chi connectivity index (χ0n) is 10.6. The van der Waals surface area contributed by atoms with E-state index in [1.165, 1.54) is 0 Å². The molecule has 2 aromatic rings. The topological polar surface area (TPSA) is 68.0 Å². The minimum absolute atomic E-state index is 0.159. The third kappa shape index (κ3) is 1.99. The van der Waals surface area contributed by atoms with Gasteiger partial charge in [0.15, 0.2) is 0 Å². The molecule has 0 aliphatic carbocycles. The number of hydrogen-bond acceptors (Lipinski definition) is 3. The number of aromatic nitrogens is 3. The molecule has 0 saturated heterocycles. The van der Waals surface area contributed by atoms with E-state index < -0.39 is 5.97 Å². The van der Waals surface area contributed by atoms with E-state index in [0.29, 0.717) is 12.2 Å². The molecule has 2 rings (SSSR count). The SMILES string of the molecule is CCc1nc(C(=O)O)nn1-c1cccc(C)c1C. The number of rotatable bonds is 3. The van der Waals surface area contributed by atoms with Crippen LogP contribution in [0.25, 0.3) is 5.69 Å². The van der Waals surface area contributed by atoms with Crippen molar-refractivity contribution in [1.29, 1.82) is 0 Å². The van der Waals surface area contributed by atoms with Crippen molar-refractivity contribution in [2.75, 3.05) is 0 Å². The second kappa shape index (κ2) is 4.60. The van der Waals surface area contributed by atoms with Crippen molar-refractivity contribution in [2.45, 2.75) is 27.2 Å². The van der Waals surface area contributed by atoms with E-state index in [1.807, 2.05) is 39.0 Å². The van der Waals surface area contributed by atoms with E-state index in [0.717, 1.165) is 16.8 Å². The summed E-state index contributed by atoms with van der Waals surface area (Å²) < 4.78 is 1.62. The van der Waals surface area contributed by atoms with Crippen LogP contribution in [0.2, 0.25) is 0 Å². The van der Waals surface area contributed by atoms with Crippen LogP contribution in [0.1, 0.15) is 34.5 Å². The van der Waals surface area contributed by atoms with Crippen LogP contribution in [0.4, 0.5) is 0 Å². The van der Waals surface area contributed by atoms with Crippen LogP contribution in [-0.4, -0.2) is 25.8 Å². The second-order valence-corrected chi connectivity index (χ2v) is 4.14. The Morgan fingerprint density at radius 2 is 2.11 bits per heavy atom. The number of benzene rings is 1. The maximum Gasteiger partial charge on any atom is 0.375 e. The summed E-state index contributed by atoms with van der Waals surface area (Å²) in [7, 11) is 0. The van der Waals surface area contributed by atoms with Gasteiger partial charge in [-0.25, -0.2) is 14.5 Å². The average Bonchev–Trinajstić information content (AvgIpc) is 2.76. The van der Waals surface area contributed by atoms with E-state index in [9.17, 15) is 4.79 Å². The van der Waals surface area contributed by atoms with E-state index in [1.54, 1.807) is 4.68 Å². The molecule has 5 heteroatoms. The monoisotopic (exact) mass is 245 g/mol. The number of carboxylic acids is 1. The van der Waals surface area contributed by atoms with Crippen LogP contribution in [0, 0.1) is 13.8 Å². The number of aryl methyl sites for hydroxylation is 2. The van der Waals surface area contributed by atoms with Crippen molar-refractivity contribution in [3.63, 3.8) is 0 Å². The normalized spacial score (nSPS) is 10.6. The smallest absolute Gasteiger partial charge is 0.375 e. The summed E-state index contributed by atoms with van der Waals surface area (Å²) in [6.07, 6.45) is 0.633. The fraction of sp³-hybridized carbons (Fsp3) is 0.308. The molecule has 1 aromatic carbocycles. The lowest BCUT2D eigenvalue weighted by Gasteiger charge is -2.09. The molecule has 1 N–H and O–H groups in total. The molecule has 0 fully saturated rings. The highest BCUT2D eigenvalue weighted by Gasteiger charge is 2.16. The lowest BCUT2D eigenvalue weighted by atomic mass is 10.1. The van der Waals surface area contributed by atoms with Gasteiger partial charge >= 0.3 is 5.97 Å².